The fourth-order valence-corrected chi connectivity index (χ4v) is 2.24. The summed E-state index contributed by atoms with van der Waals surface area (Å²) in [5.74, 6) is 2.84. The van der Waals surface area contributed by atoms with Crippen molar-refractivity contribution in [1.29, 1.82) is 0 Å². The van der Waals surface area contributed by atoms with E-state index >= 15 is 0 Å². The molecule has 1 atom stereocenters. The molecule has 2 aromatic heterocycles. The number of nitrogens with one attached hydrogen (secondary N) is 1. The molecule has 0 aliphatic carbocycles. The highest BCUT2D eigenvalue weighted by molar-refractivity contribution is 5.83. The fourth-order valence-electron chi connectivity index (χ4n) is 2.24. The number of aromatic nitrogens is 3. The van der Waals surface area contributed by atoms with Crippen LogP contribution in [-0.4, -0.2) is 14.5 Å². The molecular weight excluding hydrogens is 242 g/mol. The Morgan fingerprint density at radius 1 is 1.58 bits per heavy atom. The lowest BCUT2D eigenvalue weighted by Crippen LogP contribution is -2.13. The topological polar surface area (TPSA) is 103 Å². The van der Waals surface area contributed by atoms with E-state index in [1.54, 1.807) is 0 Å². The van der Waals surface area contributed by atoms with Crippen molar-refractivity contribution in [3.8, 4) is 12.0 Å². The van der Waals surface area contributed by atoms with Gasteiger partial charge in [-0.2, -0.15) is 4.98 Å². The third-order valence-corrected chi connectivity index (χ3v) is 3.09. The van der Waals surface area contributed by atoms with E-state index in [-0.39, 0.29) is 17.5 Å². The summed E-state index contributed by atoms with van der Waals surface area (Å²) in [5, 5.41) is 0.440. The second kappa shape index (κ2) is 5.06. The quantitative estimate of drug-likeness (QED) is 0.563. The highest BCUT2D eigenvalue weighted by atomic mass is 16.1. The maximum Gasteiger partial charge on any atom is 0.263 e. The largest absolute Gasteiger partial charge is 0.369 e. The first kappa shape index (κ1) is 13.0. The molecule has 0 bridgehead atoms. The van der Waals surface area contributed by atoms with E-state index < -0.39 is 0 Å². The minimum absolute atomic E-state index is 0.104. The Bertz CT molecular complexity index is 716. The molecule has 0 spiro atoms. The zero-order valence-corrected chi connectivity index (χ0v) is 11.0. The molecule has 0 radical (unpaired) electrons. The van der Waals surface area contributed by atoms with Crippen LogP contribution in [0.4, 0.5) is 5.95 Å². The average molecular weight is 259 g/mol. The van der Waals surface area contributed by atoms with Crippen LogP contribution in [-0.2, 0) is 0 Å². The molecule has 0 saturated heterocycles. The SMILES string of the molecule is CCCC(C)n1cc(C#CN)c2c(=O)[nH]c(N)nc21. The van der Waals surface area contributed by atoms with E-state index in [2.05, 4.69) is 35.8 Å². The maximum absolute atomic E-state index is 12.0. The molecular formula is C13H17N5O. The third-order valence-electron chi connectivity index (χ3n) is 3.09. The third kappa shape index (κ3) is 2.27. The first-order valence-electron chi connectivity index (χ1n) is 6.20. The molecule has 2 heterocycles. The summed E-state index contributed by atoms with van der Waals surface area (Å²) in [5.41, 5.74) is 11.7. The number of H-pyrrole nitrogens is 1. The smallest absolute Gasteiger partial charge is 0.263 e. The molecule has 0 aromatic carbocycles. The molecule has 2 aromatic rings. The van der Waals surface area contributed by atoms with Gasteiger partial charge in [0.1, 0.15) is 0 Å². The van der Waals surface area contributed by atoms with E-state index in [0.717, 1.165) is 12.8 Å². The number of nitrogens with zero attached hydrogens (tertiary/aromatic N) is 2. The number of nitrogen functional groups attached to an aromatic ring is 1. The lowest BCUT2D eigenvalue weighted by atomic mass is 10.2. The molecule has 19 heavy (non-hydrogen) atoms. The molecule has 5 N–H and O–H groups in total. The van der Waals surface area contributed by atoms with Gasteiger partial charge in [0.25, 0.3) is 5.56 Å². The van der Waals surface area contributed by atoms with Crippen molar-refractivity contribution in [2.24, 2.45) is 5.73 Å². The van der Waals surface area contributed by atoms with Crippen LogP contribution in [0, 0.1) is 12.0 Å². The van der Waals surface area contributed by atoms with Gasteiger partial charge in [-0.05, 0) is 19.3 Å². The van der Waals surface area contributed by atoms with Crippen molar-refractivity contribution in [3.63, 3.8) is 0 Å². The van der Waals surface area contributed by atoms with E-state index in [0.29, 0.717) is 16.6 Å². The van der Waals surface area contributed by atoms with Crippen LogP contribution >= 0.6 is 0 Å². The van der Waals surface area contributed by atoms with Gasteiger partial charge in [0, 0.05) is 18.3 Å². The van der Waals surface area contributed by atoms with Crippen molar-refractivity contribution in [2.45, 2.75) is 32.7 Å². The second-order valence-corrected chi connectivity index (χ2v) is 4.51. The Balaban J connectivity index is 2.77. The Morgan fingerprint density at radius 2 is 2.32 bits per heavy atom. The van der Waals surface area contributed by atoms with Crippen LogP contribution in [0.25, 0.3) is 11.0 Å². The Labute approximate surface area is 110 Å². The predicted octanol–water partition coefficient (Wildman–Crippen LogP) is 0.936. The molecule has 2 rings (SSSR count). The summed E-state index contributed by atoms with van der Waals surface area (Å²) in [6.07, 6.45) is 3.83. The Kier molecular flexibility index (Phi) is 3.47. The zero-order valence-electron chi connectivity index (χ0n) is 11.0. The summed E-state index contributed by atoms with van der Waals surface area (Å²) in [7, 11) is 0. The molecule has 6 heteroatoms. The summed E-state index contributed by atoms with van der Waals surface area (Å²) < 4.78 is 1.93. The molecule has 0 aliphatic heterocycles. The normalized spacial score (nSPS) is 12.1. The van der Waals surface area contributed by atoms with Crippen LogP contribution in [0.1, 0.15) is 38.3 Å². The zero-order chi connectivity index (χ0) is 14.0. The lowest BCUT2D eigenvalue weighted by molar-refractivity contribution is 0.512. The second-order valence-electron chi connectivity index (χ2n) is 4.51. The minimum Gasteiger partial charge on any atom is -0.369 e. The van der Waals surface area contributed by atoms with Crippen molar-refractivity contribution in [1.82, 2.24) is 14.5 Å². The first-order chi connectivity index (χ1) is 9.08. The average Bonchev–Trinajstić information content (AvgIpc) is 2.69. The van der Waals surface area contributed by atoms with Crippen LogP contribution in [0.15, 0.2) is 11.0 Å². The summed E-state index contributed by atoms with van der Waals surface area (Å²) in [4.78, 5) is 18.7. The van der Waals surface area contributed by atoms with E-state index in [1.165, 1.54) is 0 Å². The van der Waals surface area contributed by atoms with Gasteiger partial charge in [0.2, 0.25) is 5.95 Å². The van der Waals surface area contributed by atoms with Gasteiger partial charge in [-0.15, -0.1) is 0 Å². The lowest BCUT2D eigenvalue weighted by Gasteiger charge is -2.13. The van der Waals surface area contributed by atoms with Crippen LogP contribution < -0.4 is 17.0 Å². The van der Waals surface area contributed by atoms with E-state index in [4.69, 9.17) is 11.5 Å². The van der Waals surface area contributed by atoms with Gasteiger partial charge in [-0.25, -0.2) is 0 Å². The van der Waals surface area contributed by atoms with Crippen molar-refractivity contribution < 1.29 is 0 Å². The van der Waals surface area contributed by atoms with Crippen LogP contribution in [0.3, 0.4) is 0 Å². The summed E-state index contributed by atoms with van der Waals surface area (Å²) in [6.45, 7) is 4.18. The maximum atomic E-state index is 12.0. The van der Waals surface area contributed by atoms with Crippen molar-refractivity contribution in [3.05, 3.63) is 22.1 Å². The van der Waals surface area contributed by atoms with Gasteiger partial charge in [-0.1, -0.05) is 13.3 Å². The molecule has 0 saturated carbocycles. The number of fused-ring (bicyclic) bond motifs is 1. The van der Waals surface area contributed by atoms with Crippen molar-refractivity contribution in [2.75, 3.05) is 5.73 Å². The van der Waals surface area contributed by atoms with Gasteiger partial charge in [0.15, 0.2) is 5.65 Å². The predicted molar refractivity (Wildman–Crippen MR) is 75.5 cm³/mol. The number of nitrogens with two attached hydrogens (primary N) is 2. The number of hydrogen-bond donors (Lipinski definition) is 3. The monoisotopic (exact) mass is 259 g/mol. The van der Waals surface area contributed by atoms with Gasteiger partial charge >= 0.3 is 0 Å². The fraction of sp³-hybridized carbons (Fsp3) is 0.385. The highest BCUT2D eigenvalue weighted by Crippen LogP contribution is 2.22. The molecule has 6 nitrogen and oxygen atoms in total. The summed E-state index contributed by atoms with van der Waals surface area (Å²) in [6, 6.07) is 2.54. The molecule has 0 amide bonds. The number of rotatable bonds is 3. The van der Waals surface area contributed by atoms with Gasteiger partial charge in [-0.3, -0.25) is 9.78 Å². The standard InChI is InChI=1S/C13H17N5O/c1-3-4-8(2)18-7-9(5-6-14)10-11(18)16-13(15)17-12(10)19/h7-8H,3-4,14H2,1-2H3,(H3,15,16,17,19). The highest BCUT2D eigenvalue weighted by Gasteiger charge is 2.16. The van der Waals surface area contributed by atoms with Crippen LogP contribution in [0.2, 0.25) is 0 Å². The number of aromatic amines is 1. The summed E-state index contributed by atoms with van der Waals surface area (Å²) >= 11 is 0. The van der Waals surface area contributed by atoms with Gasteiger partial charge < -0.3 is 16.0 Å². The van der Waals surface area contributed by atoms with Gasteiger partial charge in [0.05, 0.1) is 10.9 Å². The van der Waals surface area contributed by atoms with Crippen molar-refractivity contribution >= 4 is 17.0 Å². The minimum atomic E-state index is -0.289. The number of hydrogen-bond acceptors (Lipinski definition) is 4. The molecule has 100 valence electrons. The molecule has 1 unspecified atom stereocenters. The first-order valence-corrected chi connectivity index (χ1v) is 6.20. The Morgan fingerprint density at radius 3 is 2.95 bits per heavy atom. The van der Waals surface area contributed by atoms with Crippen LogP contribution in [0.5, 0.6) is 0 Å². The number of anilines is 1. The molecule has 0 fully saturated rings. The van der Waals surface area contributed by atoms with E-state index in [9.17, 15) is 4.79 Å². The Hall–Kier alpha value is -2.42. The molecule has 0 aliphatic rings. The van der Waals surface area contributed by atoms with E-state index in [1.807, 2.05) is 10.8 Å².